The Kier molecular flexibility index (Phi) is 7.52. The largest absolute Gasteiger partial charge is 0.491 e. The number of carbonyl (C=O) groups is 2. The topological polar surface area (TPSA) is 92.1 Å². The summed E-state index contributed by atoms with van der Waals surface area (Å²) in [5.41, 5.74) is 0.639. The van der Waals surface area contributed by atoms with E-state index in [-0.39, 0.29) is 42.4 Å². The van der Waals surface area contributed by atoms with Gasteiger partial charge in [-0.25, -0.2) is 0 Å². The summed E-state index contributed by atoms with van der Waals surface area (Å²) in [6.07, 6.45) is 1.93. The van der Waals surface area contributed by atoms with E-state index in [1.807, 2.05) is 6.92 Å². The van der Waals surface area contributed by atoms with Gasteiger partial charge in [-0.2, -0.15) is 5.26 Å². The smallest absolute Gasteiger partial charge is 0.257 e. The van der Waals surface area contributed by atoms with Crippen LogP contribution >= 0.6 is 0 Å². The Hall–Kier alpha value is -2.63. The molecule has 0 unspecified atom stereocenters. The fourth-order valence-electron chi connectivity index (χ4n) is 4.34. The quantitative estimate of drug-likeness (QED) is 0.679. The number of methoxy groups -OCH3 is 1. The highest BCUT2D eigenvalue weighted by Crippen LogP contribution is 2.28. The molecule has 2 amide bonds. The Morgan fingerprint density at radius 2 is 1.90 bits per heavy atom. The van der Waals surface area contributed by atoms with Crippen molar-refractivity contribution in [2.24, 2.45) is 5.92 Å². The van der Waals surface area contributed by atoms with E-state index in [9.17, 15) is 14.9 Å². The van der Waals surface area contributed by atoms with Gasteiger partial charge in [-0.3, -0.25) is 9.59 Å². The molecule has 2 heterocycles. The first-order chi connectivity index (χ1) is 14.8. The number of para-hydroxylation sites is 1. The van der Waals surface area contributed by atoms with Crippen molar-refractivity contribution in [2.45, 2.75) is 44.5 Å². The fraction of sp³-hybridized carbons (Fsp3) is 0.609. The summed E-state index contributed by atoms with van der Waals surface area (Å²) in [7, 11) is 5.08. The summed E-state index contributed by atoms with van der Waals surface area (Å²) in [5, 5.41) is 9.51. The van der Waals surface area contributed by atoms with Crippen LogP contribution in [0.25, 0.3) is 0 Å². The average molecular weight is 430 g/mol. The van der Waals surface area contributed by atoms with Crippen LogP contribution in [-0.4, -0.2) is 80.8 Å². The molecular weight excluding hydrogens is 398 g/mol. The number of rotatable bonds is 1. The minimum absolute atomic E-state index is 0.0430. The van der Waals surface area contributed by atoms with Gasteiger partial charge in [0, 0.05) is 40.7 Å². The van der Waals surface area contributed by atoms with Gasteiger partial charge in [0.25, 0.3) is 5.91 Å². The molecule has 3 rings (SSSR count). The van der Waals surface area contributed by atoms with Crippen molar-refractivity contribution >= 4 is 11.8 Å². The van der Waals surface area contributed by atoms with Gasteiger partial charge in [-0.05, 0) is 25.0 Å². The SMILES string of the molecule is CO[C@H]1CC[C@H]2CCOc3c(C#N)cccc3C(=O)N(C)C[C@@H](C)C(=O)N(C)C[C@H]1O2. The van der Waals surface area contributed by atoms with Crippen molar-refractivity contribution in [1.82, 2.24) is 9.80 Å². The minimum Gasteiger partial charge on any atom is -0.491 e. The molecule has 1 aromatic rings. The van der Waals surface area contributed by atoms with Gasteiger partial charge in [-0.15, -0.1) is 0 Å². The average Bonchev–Trinajstić information content (AvgIpc) is 2.77. The highest BCUT2D eigenvalue weighted by atomic mass is 16.5. The summed E-state index contributed by atoms with van der Waals surface area (Å²) < 4.78 is 17.8. The summed E-state index contributed by atoms with van der Waals surface area (Å²) in [6.45, 7) is 2.81. The van der Waals surface area contributed by atoms with Gasteiger partial charge in [-0.1, -0.05) is 13.0 Å². The Bertz CT molecular complexity index is 852. The third-order valence-electron chi connectivity index (χ3n) is 6.06. The second-order valence-electron chi connectivity index (χ2n) is 8.38. The van der Waals surface area contributed by atoms with E-state index in [0.29, 0.717) is 30.7 Å². The molecule has 1 fully saturated rings. The number of likely N-dealkylation sites (N-methyl/N-ethyl adjacent to an activating group) is 1. The lowest BCUT2D eigenvalue weighted by atomic mass is 9.98. The van der Waals surface area contributed by atoms with E-state index < -0.39 is 5.92 Å². The molecule has 8 heteroatoms. The molecule has 0 N–H and O–H groups in total. The lowest BCUT2D eigenvalue weighted by Gasteiger charge is -2.38. The van der Waals surface area contributed by atoms with Crippen LogP contribution in [0, 0.1) is 17.2 Å². The van der Waals surface area contributed by atoms with Crippen molar-refractivity contribution in [3.05, 3.63) is 29.3 Å². The highest BCUT2D eigenvalue weighted by Gasteiger charge is 2.34. The number of carbonyl (C=O) groups excluding carboxylic acids is 2. The van der Waals surface area contributed by atoms with Crippen molar-refractivity contribution in [1.29, 1.82) is 5.26 Å². The van der Waals surface area contributed by atoms with E-state index >= 15 is 0 Å². The molecule has 1 saturated heterocycles. The third kappa shape index (κ3) is 5.17. The predicted octanol–water partition coefficient (Wildman–Crippen LogP) is 2.07. The predicted molar refractivity (Wildman–Crippen MR) is 114 cm³/mol. The molecule has 168 valence electrons. The highest BCUT2D eigenvalue weighted by molar-refractivity contribution is 5.97. The molecule has 0 aliphatic carbocycles. The number of nitriles is 1. The van der Waals surface area contributed by atoms with E-state index in [1.54, 1.807) is 44.3 Å². The molecule has 0 saturated carbocycles. The van der Waals surface area contributed by atoms with Gasteiger partial charge in [0.1, 0.15) is 17.9 Å². The van der Waals surface area contributed by atoms with Gasteiger partial charge in [0.2, 0.25) is 5.91 Å². The molecule has 1 aromatic carbocycles. The van der Waals surface area contributed by atoms with Crippen molar-refractivity contribution in [2.75, 3.05) is 40.9 Å². The maximum Gasteiger partial charge on any atom is 0.257 e. The standard InChI is InChI=1S/C23H31N3O5/c1-15-13-25(2)23(28)18-7-5-6-16(12-24)21(18)30-11-10-17-8-9-19(29-4)20(31-17)14-26(3)22(15)27/h5-7,15,17,19-20H,8-11,13-14H2,1-4H3/t15-,17+,19+,20-/m1/s1. The summed E-state index contributed by atoms with van der Waals surface area (Å²) in [5.74, 6) is -0.445. The van der Waals surface area contributed by atoms with Gasteiger partial charge in [0.05, 0.1) is 35.9 Å². The number of ether oxygens (including phenoxy) is 3. The normalized spacial score (nSPS) is 28.1. The number of benzene rings is 1. The second kappa shape index (κ2) is 10.1. The molecule has 0 radical (unpaired) electrons. The molecule has 0 aromatic heterocycles. The van der Waals surface area contributed by atoms with Crippen LogP contribution in [0.2, 0.25) is 0 Å². The minimum atomic E-state index is -0.395. The zero-order valence-corrected chi connectivity index (χ0v) is 18.7. The first kappa shape index (κ1) is 23.0. The zero-order chi connectivity index (χ0) is 22.5. The molecule has 0 spiro atoms. The summed E-state index contributed by atoms with van der Waals surface area (Å²) in [4.78, 5) is 29.2. The zero-order valence-electron chi connectivity index (χ0n) is 18.7. The van der Waals surface area contributed by atoms with Crippen molar-refractivity contribution in [3.63, 3.8) is 0 Å². The Labute approximate surface area is 183 Å². The molecular formula is C23H31N3O5. The number of fused-ring (bicyclic) bond motifs is 3. The van der Waals surface area contributed by atoms with Crippen LogP contribution < -0.4 is 4.74 Å². The van der Waals surface area contributed by atoms with Gasteiger partial charge in [0.15, 0.2) is 0 Å². The maximum atomic E-state index is 13.1. The van der Waals surface area contributed by atoms with Crippen LogP contribution in [-0.2, 0) is 14.3 Å². The van der Waals surface area contributed by atoms with Crippen LogP contribution in [0.4, 0.5) is 0 Å². The van der Waals surface area contributed by atoms with Crippen LogP contribution in [0.1, 0.15) is 42.1 Å². The molecule has 2 aliphatic rings. The monoisotopic (exact) mass is 429 g/mol. The molecule has 4 atom stereocenters. The third-order valence-corrected chi connectivity index (χ3v) is 6.06. The molecule has 2 aliphatic heterocycles. The molecule has 31 heavy (non-hydrogen) atoms. The second-order valence-corrected chi connectivity index (χ2v) is 8.38. The molecule has 2 bridgehead atoms. The summed E-state index contributed by atoms with van der Waals surface area (Å²) >= 11 is 0. The van der Waals surface area contributed by atoms with Crippen molar-refractivity contribution in [3.8, 4) is 11.8 Å². The number of nitrogens with zero attached hydrogens (tertiary/aromatic N) is 3. The maximum absolute atomic E-state index is 13.1. The first-order valence-corrected chi connectivity index (χ1v) is 10.7. The number of hydrogen-bond acceptors (Lipinski definition) is 6. The van der Waals surface area contributed by atoms with Gasteiger partial charge >= 0.3 is 0 Å². The number of hydrogen-bond donors (Lipinski definition) is 0. The lowest BCUT2D eigenvalue weighted by molar-refractivity contribution is -0.152. The Morgan fingerprint density at radius 3 is 2.61 bits per heavy atom. The molecule has 8 nitrogen and oxygen atoms in total. The fourth-order valence-corrected chi connectivity index (χ4v) is 4.34. The van der Waals surface area contributed by atoms with Gasteiger partial charge < -0.3 is 24.0 Å². The number of amides is 2. The lowest BCUT2D eigenvalue weighted by Crippen LogP contribution is -2.49. The van der Waals surface area contributed by atoms with Crippen LogP contribution in [0.5, 0.6) is 5.75 Å². The first-order valence-electron chi connectivity index (χ1n) is 10.7. The van der Waals surface area contributed by atoms with E-state index in [0.717, 1.165) is 12.8 Å². The van der Waals surface area contributed by atoms with E-state index in [2.05, 4.69) is 6.07 Å². The Balaban J connectivity index is 1.92. The van der Waals surface area contributed by atoms with E-state index in [4.69, 9.17) is 14.2 Å². The van der Waals surface area contributed by atoms with E-state index in [1.165, 1.54) is 4.90 Å². The summed E-state index contributed by atoms with van der Waals surface area (Å²) in [6, 6.07) is 7.07. The van der Waals surface area contributed by atoms with Crippen LogP contribution in [0.3, 0.4) is 0 Å². The van der Waals surface area contributed by atoms with Crippen LogP contribution in [0.15, 0.2) is 18.2 Å². The van der Waals surface area contributed by atoms with Crippen molar-refractivity contribution < 1.29 is 23.8 Å². The Morgan fingerprint density at radius 1 is 1.13 bits per heavy atom.